The zero-order chi connectivity index (χ0) is 18.1. The maximum Gasteiger partial charge on any atom is 0.224 e. The highest BCUT2D eigenvalue weighted by atomic mass is 16.1. The lowest BCUT2D eigenvalue weighted by molar-refractivity contribution is -0.127. The standard InChI is InChI=1S/C21H30N4O/c1-15-23-19-12-16(9-10-20(19)24(15)2)13-22-21(26)17-6-5-11-25(14-17)18-7-3-4-8-18/h9-10,12,17-18H,3-8,11,13-14H2,1-2H3,(H,22,26). The van der Waals surface area contributed by atoms with Crippen molar-refractivity contribution in [2.24, 2.45) is 13.0 Å². The van der Waals surface area contributed by atoms with Crippen molar-refractivity contribution < 1.29 is 4.79 Å². The average molecular weight is 354 g/mol. The molecule has 1 saturated carbocycles. The molecule has 1 aliphatic carbocycles. The lowest BCUT2D eigenvalue weighted by Crippen LogP contribution is -2.46. The second-order valence-corrected chi connectivity index (χ2v) is 8.03. The first-order chi connectivity index (χ1) is 12.6. The van der Waals surface area contributed by atoms with E-state index >= 15 is 0 Å². The Kier molecular flexibility index (Phi) is 4.98. The van der Waals surface area contributed by atoms with Crippen LogP contribution in [0, 0.1) is 12.8 Å². The molecule has 1 saturated heterocycles. The van der Waals surface area contributed by atoms with Gasteiger partial charge in [0.05, 0.1) is 17.0 Å². The van der Waals surface area contributed by atoms with Crippen LogP contribution in [0.2, 0.25) is 0 Å². The molecule has 2 fully saturated rings. The molecule has 140 valence electrons. The van der Waals surface area contributed by atoms with Crippen LogP contribution in [0.25, 0.3) is 11.0 Å². The number of nitrogens with zero attached hydrogens (tertiary/aromatic N) is 3. The Bertz CT molecular complexity index is 791. The highest BCUT2D eigenvalue weighted by molar-refractivity contribution is 5.80. The highest BCUT2D eigenvalue weighted by Gasteiger charge is 2.30. The van der Waals surface area contributed by atoms with Crippen LogP contribution in [0.15, 0.2) is 18.2 Å². The molecule has 4 rings (SSSR count). The first-order valence-electron chi connectivity index (χ1n) is 10.1. The fraction of sp³-hybridized carbons (Fsp3) is 0.619. The summed E-state index contributed by atoms with van der Waals surface area (Å²) in [6.45, 7) is 4.71. The zero-order valence-electron chi connectivity index (χ0n) is 16.0. The molecule has 5 nitrogen and oxygen atoms in total. The van der Waals surface area contributed by atoms with E-state index in [4.69, 9.17) is 0 Å². The van der Waals surface area contributed by atoms with E-state index in [1.807, 2.05) is 14.0 Å². The maximum absolute atomic E-state index is 12.7. The third-order valence-electron chi connectivity index (χ3n) is 6.30. The van der Waals surface area contributed by atoms with Gasteiger partial charge in [0.2, 0.25) is 5.91 Å². The van der Waals surface area contributed by atoms with Crippen molar-refractivity contribution in [2.45, 2.75) is 58.0 Å². The molecule has 26 heavy (non-hydrogen) atoms. The van der Waals surface area contributed by atoms with Crippen LogP contribution >= 0.6 is 0 Å². The van der Waals surface area contributed by atoms with E-state index in [1.165, 1.54) is 32.2 Å². The van der Waals surface area contributed by atoms with E-state index in [0.29, 0.717) is 6.54 Å². The number of rotatable bonds is 4. The van der Waals surface area contributed by atoms with Crippen molar-refractivity contribution >= 4 is 16.9 Å². The van der Waals surface area contributed by atoms with Gasteiger partial charge in [-0.15, -0.1) is 0 Å². The normalized spacial score (nSPS) is 22.2. The first kappa shape index (κ1) is 17.5. The van der Waals surface area contributed by atoms with Crippen LogP contribution < -0.4 is 5.32 Å². The van der Waals surface area contributed by atoms with Gasteiger partial charge < -0.3 is 9.88 Å². The zero-order valence-corrected chi connectivity index (χ0v) is 16.0. The quantitative estimate of drug-likeness (QED) is 0.918. The van der Waals surface area contributed by atoms with E-state index in [-0.39, 0.29) is 11.8 Å². The fourth-order valence-electron chi connectivity index (χ4n) is 4.63. The van der Waals surface area contributed by atoms with Crippen molar-refractivity contribution in [3.8, 4) is 0 Å². The Hall–Kier alpha value is -1.88. The van der Waals surface area contributed by atoms with Crippen molar-refractivity contribution in [2.75, 3.05) is 13.1 Å². The molecule has 2 aromatic rings. The van der Waals surface area contributed by atoms with Crippen LogP contribution in [0.4, 0.5) is 0 Å². The van der Waals surface area contributed by atoms with E-state index < -0.39 is 0 Å². The summed E-state index contributed by atoms with van der Waals surface area (Å²) in [5, 5.41) is 3.17. The van der Waals surface area contributed by atoms with E-state index in [2.05, 4.69) is 38.0 Å². The van der Waals surface area contributed by atoms with Crippen molar-refractivity contribution in [3.05, 3.63) is 29.6 Å². The number of imidazole rings is 1. The molecule has 1 atom stereocenters. The number of nitrogens with one attached hydrogen (secondary N) is 1. The van der Waals surface area contributed by atoms with E-state index in [1.54, 1.807) is 0 Å². The Morgan fingerprint density at radius 2 is 2.04 bits per heavy atom. The summed E-state index contributed by atoms with van der Waals surface area (Å²) in [7, 11) is 2.03. The topological polar surface area (TPSA) is 50.2 Å². The van der Waals surface area contributed by atoms with E-state index in [9.17, 15) is 4.79 Å². The average Bonchev–Trinajstić information content (AvgIpc) is 3.29. The van der Waals surface area contributed by atoms with Crippen molar-refractivity contribution in [1.29, 1.82) is 0 Å². The summed E-state index contributed by atoms with van der Waals surface area (Å²) >= 11 is 0. The van der Waals surface area contributed by atoms with Crippen LogP contribution in [0.5, 0.6) is 0 Å². The van der Waals surface area contributed by atoms with Crippen LogP contribution in [0.1, 0.15) is 49.9 Å². The van der Waals surface area contributed by atoms with Gasteiger partial charge >= 0.3 is 0 Å². The SMILES string of the molecule is Cc1nc2cc(CNC(=O)C3CCCN(C4CCCC4)C3)ccc2n1C. The summed E-state index contributed by atoms with van der Waals surface area (Å²) in [6.07, 6.45) is 7.51. The second kappa shape index (κ2) is 7.39. The van der Waals surface area contributed by atoms with Gasteiger partial charge in [-0.05, 0) is 56.8 Å². The van der Waals surface area contributed by atoms with Gasteiger partial charge in [-0.2, -0.15) is 0 Å². The molecule has 1 aromatic carbocycles. The van der Waals surface area contributed by atoms with Crippen LogP contribution in [-0.4, -0.2) is 39.5 Å². The van der Waals surface area contributed by atoms with Gasteiger partial charge in [0.15, 0.2) is 0 Å². The Balaban J connectivity index is 1.35. The number of fused-ring (bicyclic) bond motifs is 1. The minimum atomic E-state index is 0.144. The Morgan fingerprint density at radius 3 is 2.85 bits per heavy atom. The molecule has 1 N–H and O–H groups in total. The maximum atomic E-state index is 12.7. The number of carbonyl (C=O) groups excluding carboxylic acids is 1. The monoisotopic (exact) mass is 354 g/mol. The summed E-state index contributed by atoms with van der Waals surface area (Å²) in [4.78, 5) is 19.9. The number of piperidine rings is 1. The number of amides is 1. The summed E-state index contributed by atoms with van der Waals surface area (Å²) in [5.74, 6) is 1.37. The molecule has 1 aliphatic heterocycles. The number of aryl methyl sites for hydroxylation is 2. The molecule has 1 aromatic heterocycles. The predicted molar refractivity (Wildman–Crippen MR) is 104 cm³/mol. The largest absolute Gasteiger partial charge is 0.352 e. The molecule has 1 unspecified atom stereocenters. The number of aromatic nitrogens is 2. The minimum absolute atomic E-state index is 0.144. The molecule has 0 bridgehead atoms. The minimum Gasteiger partial charge on any atom is -0.352 e. The molecule has 5 heteroatoms. The first-order valence-corrected chi connectivity index (χ1v) is 10.1. The summed E-state index contributed by atoms with van der Waals surface area (Å²) in [5.41, 5.74) is 3.26. The summed E-state index contributed by atoms with van der Waals surface area (Å²) in [6, 6.07) is 7.00. The molecule has 2 heterocycles. The summed E-state index contributed by atoms with van der Waals surface area (Å²) < 4.78 is 2.09. The smallest absolute Gasteiger partial charge is 0.224 e. The molecule has 1 amide bonds. The van der Waals surface area contributed by atoms with Crippen molar-refractivity contribution in [1.82, 2.24) is 19.8 Å². The van der Waals surface area contributed by atoms with E-state index in [0.717, 1.165) is 47.8 Å². The fourth-order valence-corrected chi connectivity index (χ4v) is 4.63. The second-order valence-electron chi connectivity index (χ2n) is 8.03. The lowest BCUT2D eigenvalue weighted by atomic mass is 9.95. The molecular formula is C21H30N4O. The number of carbonyl (C=O) groups is 1. The Morgan fingerprint density at radius 1 is 1.23 bits per heavy atom. The molecular weight excluding hydrogens is 324 g/mol. The predicted octanol–water partition coefficient (Wildman–Crippen LogP) is 3.15. The van der Waals surface area contributed by atoms with Crippen LogP contribution in [0.3, 0.4) is 0 Å². The van der Waals surface area contributed by atoms with Gasteiger partial charge in [-0.3, -0.25) is 9.69 Å². The third kappa shape index (κ3) is 3.50. The number of benzene rings is 1. The van der Waals surface area contributed by atoms with Gasteiger partial charge in [-0.25, -0.2) is 4.98 Å². The molecule has 0 radical (unpaired) electrons. The number of hydrogen-bond donors (Lipinski definition) is 1. The lowest BCUT2D eigenvalue weighted by Gasteiger charge is -2.36. The Labute approximate surface area is 155 Å². The number of hydrogen-bond acceptors (Lipinski definition) is 3. The third-order valence-corrected chi connectivity index (χ3v) is 6.30. The van der Waals surface area contributed by atoms with Crippen LogP contribution in [-0.2, 0) is 18.4 Å². The van der Waals surface area contributed by atoms with Crippen molar-refractivity contribution in [3.63, 3.8) is 0 Å². The molecule has 0 spiro atoms. The van der Waals surface area contributed by atoms with Gasteiger partial charge in [0.25, 0.3) is 0 Å². The highest BCUT2D eigenvalue weighted by Crippen LogP contribution is 2.28. The van der Waals surface area contributed by atoms with Gasteiger partial charge in [-0.1, -0.05) is 18.9 Å². The van der Waals surface area contributed by atoms with Gasteiger partial charge in [0, 0.05) is 26.2 Å². The number of likely N-dealkylation sites (tertiary alicyclic amines) is 1. The van der Waals surface area contributed by atoms with Gasteiger partial charge in [0.1, 0.15) is 5.82 Å². The molecule has 2 aliphatic rings.